The summed E-state index contributed by atoms with van der Waals surface area (Å²) in [6.07, 6.45) is 4.12. The lowest BCUT2D eigenvalue weighted by atomic mass is 9.97. The molecule has 3 rings (SSSR count). The first-order chi connectivity index (χ1) is 10.2. The molecule has 0 aromatic heterocycles. The molecule has 1 N–H and O–H groups in total. The molecule has 2 heterocycles. The number of hydrogen-bond acceptors (Lipinski definition) is 3. The van der Waals surface area contributed by atoms with Gasteiger partial charge in [-0.25, -0.2) is 9.80 Å². The number of imide groups is 1. The van der Waals surface area contributed by atoms with Crippen LogP contribution in [0.2, 0.25) is 0 Å². The number of hydrogen-bond donors (Lipinski definition) is 1. The molecule has 0 saturated carbocycles. The minimum Gasteiger partial charge on any atom is -0.277 e. The van der Waals surface area contributed by atoms with Crippen LogP contribution in [-0.2, 0) is 11.2 Å². The summed E-state index contributed by atoms with van der Waals surface area (Å²) in [4.78, 5) is 24.1. The maximum Gasteiger partial charge on any atom is 0.338 e. The van der Waals surface area contributed by atoms with Crippen LogP contribution in [0.1, 0.15) is 24.8 Å². The van der Waals surface area contributed by atoms with E-state index in [9.17, 15) is 9.59 Å². The van der Waals surface area contributed by atoms with Gasteiger partial charge < -0.3 is 0 Å². The molecule has 0 bridgehead atoms. The minimum absolute atomic E-state index is 0.155. The zero-order valence-electron chi connectivity index (χ0n) is 12.1. The molecule has 1 aromatic carbocycles. The fraction of sp³-hybridized carbons (Fsp3) is 0.500. The molecule has 0 aliphatic carbocycles. The summed E-state index contributed by atoms with van der Waals surface area (Å²) in [5.41, 5.74) is 1.13. The Balaban J connectivity index is 1.69. The Bertz CT molecular complexity index is 512. The van der Waals surface area contributed by atoms with Gasteiger partial charge in [-0.15, -0.1) is 0 Å². The zero-order chi connectivity index (χ0) is 14.7. The Labute approximate surface area is 124 Å². The Morgan fingerprint density at radius 1 is 1.05 bits per heavy atom. The van der Waals surface area contributed by atoms with Crippen molar-refractivity contribution in [3.8, 4) is 0 Å². The van der Waals surface area contributed by atoms with E-state index in [1.165, 1.54) is 6.42 Å². The molecule has 0 radical (unpaired) electrons. The van der Waals surface area contributed by atoms with Crippen LogP contribution in [0.5, 0.6) is 0 Å². The highest BCUT2D eigenvalue weighted by molar-refractivity contribution is 5.97. The van der Waals surface area contributed by atoms with Crippen LogP contribution >= 0.6 is 0 Å². The summed E-state index contributed by atoms with van der Waals surface area (Å²) in [7, 11) is 0. The van der Waals surface area contributed by atoms with E-state index in [-0.39, 0.29) is 17.9 Å². The number of urea groups is 1. The number of nitrogens with zero attached hydrogens (tertiary/aromatic N) is 2. The summed E-state index contributed by atoms with van der Waals surface area (Å²) in [6.45, 7) is 2.29. The topological polar surface area (TPSA) is 52.7 Å². The first-order valence-corrected chi connectivity index (χ1v) is 7.65. The van der Waals surface area contributed by atoms with Crippen molar-refractivity contribution in [2.45, 2.75) is 25.7 Å². The van der Waals surface area contributed by atoms with Gasteiger partial charge >= 0.3 is 6.03 Å². The van der Waals surface area contributed by atoms with E-state index in [0.29, 0.717) is 13.0 Å². The van der Waals surface area contributed by atoms with Gasteiger partial charge in [0.1, 0.15) is 0 Å². The van der Waals surface area contributed by atoms with Gasteiger partial charge in [-0.1, -0.05) is 36.8 Å². The number of amides is 3. The van der Waals surface area contributed by atoms with Gasteiger partial charge in [-0.2, -0.15) is 0 Å². The zero-order valence-corrected chi connectivity index (χ0v) is 12.1. The fourth-order valence-electron chi connectivity index (χ4n) is 3.06. The molecule has 5 heteroatoms. The molecule has 0 spiro atoms. The van der Waals surface area contributed by atoms with E-state index >= 15 is 0 Å². The molecule has 3 amide bonds. The smallest absolute Gasteiger partial charge is 0.277 e. The number of carbonyl (C=O) groups excluding carboxylic acids is 2. The van der Waals surface area contributed by atoms with Crippen molar-refractivity contribution in [1.29, 1.82) is 0 Å². The number of rotatable bonds is 3. The molecular weight excluding hydrogens is 266 g/mol. The van der Waals surface area contributed by atoms with Gasteiger partial charge in [0.05, 0.1) is 12.5 Å². The third-order valence-corrected chi connectivity index (χ3v) is 4.23. The largest absolute Gasteiger partial charge is 0.338 e. The third-order valence-electron chi connectivity index (χ3n) is 4.23. The number of nitrogens with one attached hydrogen (secondary N) is 1. The van der Waals surface area contributed by atoms with E-state index in [0.717, 1.165) is 31.5 Å². The monoisotopic (exact) mass is 287 g/mol. The standard InChI is InChI=1S/C16H21N3O2/c20-15-14(11-13-7-3-1-4-8-13)12-19(16(21)17-15)18-9-5-2-6-10-18/h1,3-4,7-8,14H,2,5-6,9-12H2,(H,17,20,21). The molecule has 5 nitrogen and oxygen atoms in total. The number of carbonyl (C=O) groups is 2. The second-order valence-electron chi connectivity index (χ2n) is 5.78. The van der Waals surface area contributed by atoms with E-state index in [2.05, 4.69) is 10.3 Å². The Kier molecular flexibility index (Phi) is 4.20. The third kappa shape index (κ3) is 3.24. The number of piperidine rings is 1. The highest BCUT2D eigenvalue weighted by Gasteiger charge is 2.35. The average molecular weight is 287 g/mol. The van der Waals surface area contributed by atoms with Crippen LogP contribution in [0.4, 0.5) is 4.79 Å². The second kappa shape index (κ2) is 6.26. The van der Waals surface area contributed by atoms with Gasteiger partial charge in [0.25, 0.3) is 0 Å². The first-order valence-electron chi connectivity index (χ1n) is 7.65. The number of benzene rings is 1. The highest BCUT2D eigenvalue weighted by Crippen LogP contribution is 2.19. The van der Waals surface area contributed by atoms with Gasteiger partial charge in [-0.3, -0.25) is 15.1 Å². The van der Waals surface area contributed by atoms with Gasteiger partial charge in [-0.05, 0) is 24.8 Å². The van der Waals surface area contributed by atoms with Crippen molar-refractivity contribution in [2.24, 2.45) is 5.92 Å². The fourth-order valence-corrected chi connectivity index (χ4v) is 3.06. The molecule has 21 heavy (non-hydrogen) atoms. The Morgan fingerprint density at radius 2 is 1.76 bits per heavy atom. The average Bonchev–Trinajstić information content (AvgIpc) is 2.52. The normalized spacial score (nSPS) is 24.0. The number of hydrazine groups is 1. The Hall–Kier alpha value is -1.88. The molecule has 112 valence electrons. The molecule has 2 aliphatic heterocycles. The van der Waals surface area contributed by atoms with Gasteiger partial charge in [0, 0.05) is 13.1 Å². The van der Waals surface area contributed by atoms with Crippen LogP contribution in [0, 0.1) is 5.92 Å². The van der Waals surface area contributed by atoms with Crippen LogP contribution in [0.3, 0.4) is 0 Å². The molecule has 2 aliphatic rings. The molecule has 1 unspecified atom stereocenters. The van der Waals surface area contributed by atoms with E-state index in [1.54, 1.807) is 5.01 Å². The molecular formula is C16H21N3O2. The second-order valence-corrected chi connectivity index (χ2v) is 5.78. The predicted molar refractivity (Wildman–Crippen MR) is 79.3 cm³/mol. The van der Waals surface area contributed by atoms with E-state index in [1.807, 2.05) is 30.3 Å². The van der Waals surface area contributed by atoms with Crippen LogP contribution in [0.25, 0.3) is 0 Å². The van der Waals surface area contributed by atoms with Crippen molar-refractivity contribution >= 4 is 11.9 Å². The first kappa shape index (κ1) is 14.1. The summed E-state index contributed by atoms with van der Waals surface area (Å²) in [6, 6.07) is 9.69. The van der Waals surface area contributed by atoms with Crippen LogP contribution < -0.4 is 5.32 Å². The van der Waals surface area contributed by atoms with Crippen molar-refractivity contribution in [2.75, 3.05) is 19.6 Å². The van der Waals surface area contributed by atoms with Crippen molar-refractivity contribution < 1.29 is 9.59 Å². The molecule has 2 fully saturated rings. The van der Waals surface area contributed by atoms with Crippen molar-refractivity contribution in [3.63, 3.8) is 0 Å². The van der Waals surface area contributed by atoms with Gasteiger partial charge in [0.15, 0.2) is 0 Å². The van der Waals surface area contributed by atoms with E-state index < -0.39 is 0 Å². The van der Waals surface area contributed by atoms with Crippen LogP contribution in [0.15, 0.2) is 30.3 Å². The summed E-state index contributed by atoms with van der Waals surface area (Å²) in [5, 5.41) is 6.32. The van der Waals surface area contributed by atoms with E-state index in [4.69, 9.17) is 0 Å². The highest BCUT2D eigenvalue weighted by atomic mass is 16.2. The maximum absolute atomic E-state index is 12.1. The molecule has 2 saturated heterocycles. The summed E-state index contributed by atoms with van der Waals surface area (Å²) >= 11 is 0. The van der Waals surface area contributed by atoms with Gasteiger partial charge in [0.2, 0.25) is 5.91 Å². The minimum atomic E-state index is -0.272. The summed E-state index contributed by atoms with van der Waals surface area (Å²) in [5.74, 6) is -0.330. The lowest BCUT2D eigenvalue weighted by Crippen LogP contribution is -2.61. The van der Waals surface area contributed by atoms with Crippen LogP contribution in [-0.4, -0.2) is 41.6 Å². The Morgan fingerprint density at radius 3 is 2.48 bits per heavy atom. The lowest BCUT2D eigenvalue weighted by Gasteiger charge is -2.41. The SMILES string of the molecule is O=C1NC(=O)N(N2CCCCC2)CC1Cc1ccccc1. The summed E-state index contributed by atoms with van der Waals surface area (Å²) < 4.78 is 0. The molecule has 1 aromatic rings. The molecule has 1 atom stereocenters. The predicted octanol–water partition coefficient (Wildman–Crippen LogP) is 1.80. The van der Waals surface area contributed by atoms with Crippen molar-refractivity contribution in [1.82, 2.24) is 15.3 Å². The quantitative estimate of drug-likeness (QED) is 0.922. The maximum atomic E-state index is 12.1. The lowest BCUT2D eigenvalue weighted by molar-refractivity contribution is -0.130. The van der Waals surface area contributed by atoms with Crippen molar-refractivity contribution in [3.05, 3.63) is 35.9 Å².